The first-order valence-corrected chi connectivity index (χ1v) is 24.8. The summed E-state index contributed by atoms with van der Waals surface area (Å²) in [5.74, 6) is -1.49. The van der Waals surface area contributed by atoms with Crippen LogP contribution in [0.15, 0.2) is 60.8 Å². The average Bonchev–Trinajstić information content (AvgIpc) is 3.22. The fourth-order valence-electron chi connectivity index (χ4n) is 7.08. The number of likely N-dealkylation sites (N-methyl/N-ethyl adjacent to an activating group) is 1. The van der Waals surface area contributed by atoms with Gasteiger partial charge in [0.1, 0.15) is 6.61 Å². The Labute approximate surface area is 375 Å². The van der Waals surface area contributed by atoms with Gasteiger partial charge < -0.3 is 23.8 Å². The number of quaternary nitrogens is 1. The quantitative estimate of drug-likeness (QED) is 0.0282. The first kappa shape index (κ1) is 58.0. The first-order chi connectivity index (χ1) is 29.6. The molecular formula is C53H94NO7+. The van der Waals surface area contributed by atoms with E-state index < -0.39 is 18.1 Å². The molecule has 352 valence electrons. The van der Waals surface area contributed by atoms with Gasteiger partial charge in [-0.3, -0.25) is 9.59 Å². The lowest BCUT2D eigenvalue weighted by Gasteiger charge is -2.31. The number of carboxylic acids is 1. The predicted octanol–water partition coefficient (Wildman–Crippen LogP) is 14.1. The van der Waals surface area contributed by atoms with E-state index in [-0.39, 0.29) is 36.2 Å². The molecule has 0 saturated carbocycles. The highest BCUT2D eigenvalue weighted by Gasteiger charge is 2.31. The lowest BCUT2D eigenvalue weighted by molar-refractivity contribution is -0.887. The molecule has 2 atom stereocenters. The highest BCUT2D eigenvalue weighted by Crippen LogP contribution is 2.15. The van der Waals surface area contributed by atoms with Crippen LogP contribution >= 0.6 is 0 Å². The van der Waals surface area contributed by atoms with Gasteiger partial charge in [-0.2, -0.15) is 0 Å². The summed E-state index contributed by atoms with van der Waals surface area (Å²) in [4.78, 5) is 37.1. The van der Waals surface area contributed by atoms with Crippen LogP contribution < -0.4 is 0 Å². The zero-order valence-electron chi connectivity index (χ0n) is 40.1. The Bertz CT molecular complexity index is 1180. The van der Waals surface area contributed by atoms with Gasteiger partial charge in [-0.05, 0) is 77.0 Å². The van der Waals surface area contributed by atoms with Crippen molar-refractivity contribution in [2.45, 2.75) is 219 Å². The van der Waals surface area contributed by atoms with E-state index in [0.717, 1.165) is 77.0 Å². The van der Waals surface area contributed by atoms with Gasteiger partial charge in [0.2, 0.25) is 0 Å². The number of carbonyl (C=O) groups excluding carboxylic acids is 2. The minimum absolute atomic E-state index is 0.0529. The SMILES string of the molecule is CC/C=C/C/C=C/C/C=C/C/C=C/CCCCCCCCCCCCC(=O)OCC(COCCC(C(=O)O)[N+](C)(C)C)OC(=O)CCCCC/C=C/CCCCCCCCC. The minimum Gasteiger partial charge on any atom is -0.477 e. The van der Waals surface area contributed by atoms with Gasteiger partial charge in [-0.25, -0.2) is 4.79 Å². The Hall–Kier alpha value is -2.97. The molecule has 0 aromatic heterocycles. The van der Waals surface area contributed by atoms with Crippen molar-refractivity contribution in [2.75, 3.05) is 41.0 Å². The van der Waals surface area contributed by atoms with Crippen LogP contribution in [0.3, 0.4) is 0 Å². The van der Waals surface area contributed by atoms with E-state index in [4.69, 9.17) is 14.2 Å². The normalized spacial score (nSPS) is 13.4. The third-order valence-corrected chi connectivity index (χ3v) is 10.9. The number of hydrogen-bond acceptors (Lipinski definition) is 6. The smallest absolute Gasteiger partial charge is 0.362 e. The van der Waals surface area contributed by atoms with E-state index in [9.17, 15) is 19.5 Å². The molecule has 0 amide bonds. The second kappa shape index (κ2) is 43.7. The number of carbonyl (C=O) groups is 3. The molecule has 8 heteroatoms. The Kier molecular flexibility index (Phi) is 41.5. The van der Waals surface area contributed by atoms with Crippen LogP contribution in [0.2, 0.25) is 0 Å². The molecule has 0 saturated heterocycles. The standard InChI is InChI=1S/C53H93NO7/c1-6-8-10-12-14-16-18-20-22-23-24-25-26-27-28-29-30-32-33-35-37-39-41-43-51(55)60-48-49(47-59-46-45-50(53(57)58)54(3,4)5)61-52(56)44-42-40-38-36-34-31-21-19-17-15-13-11-9-7-2/h8,10,14,16,20,22,24-25,31,34,49-50H,6-7,9,11-13,15,17-19,21,23,26-30,32-33,35-48H2,1-5H3/p+1/b10-8+,16-14+,22-20+,25-24+,34-31+. The number of hydrogen-bond donors (Lipinski definition) is 1. The molecule has 1 N–H and O–H groups in total. The summed E-state index contributed by atoms with van der Waals surface area (Å²) in [6.45, 7) is 4.61. The summed E-state index contributed by atoms with van der Waals surface area (Å²) in [5, 5.41) is 9.64. The number of ether oxygens (including phenoxy) is 3. The third kappa shape index (κ3) is 42.1. The fourth-order valence-corrected chi connectivity index (χ4v) is 7.08. The van der Waals surface area contributed by atoms with E-state index in [1.807, 2.05) is 21.1 Å². The van der Waals surface area contributed by atoms with Crippen molar-refractivity contribution in [3.63, 3.8) is 0 Å². The zero-order valence-corrected chi connectivity index (χ0v) is 40.1. The van der Waals surface area contributed by atoms with Crippen LogP contribution in [-0.2, 0) is 28.6 Å². The highest BCUT2D eigenvalue weighted by molar-refractivity contribution is 5.72. The van der Waals surface area contributed by atoms with Crippen molar-refractivity contribution in [3.8, 4) is 0 Å². The molecule has 0 bridgehead atoms. The maximum atomic E-state index is 12.7. The molecule has 0 rings (SSSR count). The van der Waals surface area contributed by atoms with Crippen LogP contribution in [-0.4, -0.2) is 80.6 Å². The number of nitrogens with zero attached hydrogens (tertiary/aromatic N) is 1. The van der Waals surface area contributed by atoms with Crippen molar-refractivity contribution < 1.29 is 38.2 Å². The summed E-state index contributed by atoms with van der Waals surface area (Å²) in [6, 6.07) is -0.619. The van der Waals surface area contributed by atoms with Gasteiger partial charge in [0.15, 0.2) is 12.1 Å². The fraction of sp³-hybridized carbons (Fsp3) is 0.755. The van der Waals surface area contributed by atoms with E-state index in [0.29, 0.717) is 19.3 Å². The second-order valence-corrected chi connectivity index (χ2v) is 17.7. The second-order valence-electron chi connectivity index (χ2n) is 17.7. The van der Waals surface area contributed by atoms with Gasteiger partial charge in [-0.1, -0.05) is 171 Å². The molecule has 0 aliphatic carbocycles. The topological polar surface area (TPSA) is 99.1 Å². The van der Waals surface area contributed by atoms with E-state index >= 15 is 0 Å². The average molecular weight is 857 g/mol. The Balaban J connectivity index is 4.24. The molecule has 0 aromatic carbocycles. The molecule has 0 radical (unpaired) electrons. The number of allylic oxidation sites excluding steroid dienone is 10. The third-order valence-electron chi connectivity index (χ3n) is 10.9. The van der Waals surface area contributed by atoms with Gasteiger partial charge in [-0.15, -0.1) is 0 Å². The van der Waals surface area contributed by atoms with Crippen molar-refractivity contribution in [3.05, 3.63) is 60.8 Å². The van der Waals surface area contributed by atoms with Crippen LogP contribution in [0.5, 0.6) is 0 Å². The van der Waals surface area contributed by atoms with Crippen LogP contribution in [0, 0.1) is 0 Å². The van der Waals surface area contributed by atoms with Crippen molar-refractivity contribution in [2.24, 2.45) is 0 Å². The van der Waals surface area contributed by atoms with Gasteiger partial charge in [0.05, 0.1) is 34.4 Å². The Morgan fingerprint density at radius 1 is 0.508 bits per heavy atom. The van der Waals surface area contributed by atoms with Crippen LogP contribution in [0.25, 0.3) is 0 Å². The summed E-state index contributed by atoms with van der Waals surface area (Å²) in [5.41, 5.74) is 0. The molecule has 61 heavy (non-hydrogen) atoms. The summed E-state index contributed by atoms with van der Waals surface area (Å²) < 4.78 is 17.3. The molecule has 0 aromatic rings. The summed E-state index contributed by atoms with van der Waals surface area (Å²) in [6.07, 6.45) is 54.1. The zero-order chi connectivity index (χ0) is 44.9. The first-order valence-electron chi connectivity index (χ1n) is 24.8. The predicted molar refractivity (Wildman–Crippen MR) is 257 cm³/mol. The molecule has 0 heterocycles. The number of rotatable bonds is 44. The Morgan fingerprint density at radius 3 is 1.39 bits per heavy atom. The number of unbranched alkanes of at least 4 members (excludes halogenated alkanes) is 20. The number of esters is 2. The lowest BCUT2D eigenvalue weighted by Crippen LogP contribution is -2.50. The highest BCUT2D eigenvalue weighted by atomic mass is 16.6. The Morgan fingerprint density at radius 2 is 0.918 bits per heavy atom. The maximum absolute atomic E-state index is 12.7. The largest absolute Gasteiger partial charge is 0.477 e. The van der Waals surface area contributed by atoms with Crippen molar-refractivity contribution in [1.29, 1.82) is 0 Å². The van der Waals surface area contributed by atoms with Gasteiger partial charge in [0, 0.05) is 19.3 Å². The van der Waals surface area contributed by atoms with Crippen molar-refractivity contribution in [1.82, 2.24) is 0 Å². The molecule has 2 unspecified atom stereocenters. The molecule has 0 fully saturated rings. The number of aliphatic carboxylic acids is 1. The van der Waals surface area contributed by atoms with E-state index in [2.05, 4.69) is 74.6 Å². The summed E-state index contributed by atoms with van der Waals surface area (Å²) >= 11 is 0. The van der Waals surface area contributed by atoms with Crippen LogP contribution in [0.4, 0.5) is 0 Å². The molecule has 8 nitrogen and oxygen atoms in total. The van der Waals surface area contributed by atoms with E-state index in [1.165, 1.54) is 96.3 Å². The summed E-state index contributed by atoms with van der Waals surface area (Å²) in [7, 11) is 5.52. The van der Waals surface area contributed by atoms with Crippen LogP contribution in [0.1, 0.15) is 206 Å². The van der Waals surface area contributed by atoms with Crippen molar-refractivity contribution >= 4 is 17.9 Å². The molecule has 0 spiro atoms. The molecule has 0 aliphatic rings. The van der Waals surface area contributed by atoms with Gasteiger partial charge in [0.25, 0.3) is 0 Å². The maximum Gasteiger partial charge on any atom is 0.362 e. The van der Waals surface area contributed by atoms with E-state index in [1.54, 1.807) is 0 Å². The lowest BCUT2D eigenvalue weighted by atomic mass is 10.1. The molecular weight excluding hydrogens is 763 g/mol. The monoisotopic (exact) mass is 857 g/mol. The number of carboxylic acid groups (broad SMARTS) is 1. The van der Waals surface area contributed by atoms with Gasteiger partial charge >= 0.3 is 17.9 Å². The minimum atomic E-state index is -0.878. The molecule has 0 aliphatic heterocycles.